The zero-order valence-electron chi connectivity index (χ0n) is 13.6. The molecule has 0 radical (unpaired) electrons. The third kappa shape index (κ3) is 3.33. The molecule has 0 spiro atoms. The van der Waals surface area contributed by atoms with Crippen molar-refractivity contribution in [2.45, 2.75) is 0 Å². The van der Waals surface area contributed by atoms with E-state index in [-0.39, 0.29) is 5.69 Å². The van der Waals surface area contributed by atoms with Gasteiger partial charge in [0.25, 0.3) is 0 Å². The van der Waals surface area contributed by atoms with Crippen molar-refractivity contribution in [2.75, 3.05) is 0 Å². The summed E-state index contributed by atoms with van der Waals surface area (Å²) in [4.78, 5) is 10.3. The second-order valence-corrected chi connectivity index (χ2v) is 5.45. The molecule has 3 aromatic carbocycles. The Labute approximate surface area is 152 Å². The summed E-state index contributed by atoms with van der Waals surface area (Å²) in [5.74, 6) is -2.48. The molecule has 27 heavy (non-hydrogen) atoms. The summed E-state index contributed by atoms with van der Waals surface area (Å²) in [7, 11) is 0. The van der Waals surface area contributed by atoms with Gasteiger partial charge in [0.05, 0.1) is 4.92 Å². The highest BCUT2D eigenvalue weighted by atomic mass is 16.6. The van der Waals surface area contributed by atoms with Crippen molar-refractivity contribution in [3.8, 4) is 34.1 Å². The lowest BCUT2D eigenvalue weighted by molar-refractivity contribution is -0.384. The van der Waals surface area contributed by atoms with E-state index in [0.29, 0.717) is 11.1 Å². The molecule has 9 heteroatoms. The summed E-state index contributed by atoms with van der Waals surface area (Å²) in [6.45, 7) is 0. The van der Waals surface area contributed by atoms with Crippen LogP contribution >= 0.6 is 0 Å². The molecule has 0 aromatic heterocycles. The number of rotatable bonds is 4. The molecular formula is C18H13N3O6. The van der Waals surface area contributed by atoms with Crippen LogP contribution in [0.2, 0.25) is 0 Å². The molecule has 4 N–H and O–H groups in total. The van der Waals surface area contributed by atoms with Gasteiger partial charge in [0.15, 0.2) is 23.0 Å². The van der Waals surface area contributed by atoms with Crippen LogP contribution in [-0.4, -0.2) is 25.3 Å². The number of benzene rings is 3. The van der Waals surface area contributed by atoms with Crippen molar-refractivity contribution in [3.63, 3.8) is 0 Å². The number of nitrogens with zero attached hydrogens (tertiary/aromatic N) is 3. The first-order chi connectivity index (χ1) is 12.9. The Kier molecular flexibility index (Phi) is 4.58. The smallest absolute Gasteiger partial charge is 0.300 e. The number of phenolic OH excluding ortho intramolecular Hbond substituents is 4. The van der Waals surface area contributed by atoms with E-state index in [0.717, 1.165) is 12.1 Å². The van der Waals surface area contributed by atoms with E-state index >= 15 is 0 Å². The molecule has 9 nitrogen and oxygen atoms in total. The second-order valence-electron chi connectivity index (χ2n) is 5.45. The molecule has 0 heterocycles. The highest BCUT2D eigenvalue weighted by Crippen LogP contribution is 2.47. The van der Waals surface area contributed by atoms with Gasteiger partial charge in [0, 0.05) is 11.6 Å². The van der Waals surface area contributed by atoms with Gasteiger partial charge in [-0.15, -0.1) is 10.2 Å². The lowest BCUT2D eigenvalue weighted by Gasteiger charge is -2.09. The Morgan fingerprint density at radius 1 is 0.741 bits per heavy atom. The molecule has 0 bridgehead atoms. The molecule has 0 aliphatic heterocycles. The summed E-state index contributed by atoms with van der Waals surface area (Å²) in [5, 5.41) is 58.0. The predicted octanol–water partition coefficient (Wildman–Crippen LogP) is 4.50. The summed E-state index contributed by atoms with van der Waals surface area (Å²) < 4.78 is 0. The maximum absolute atomic E-state index is 11.1. The van der Waals surface area contributed by atoms with Gasteiger partial charge < -0.3 is 20.4 Å². The summed E-state index contributed by atoms with van der Waals surface area (Å²) in [6.07, 6.45) is 0. The molecule has 0 atom stereocenters. The van der Waals surface area contributed by atoms with Gasteiger partial charge in [-0.05, 0) is 23.8 Å². The van der Waals surface area contributed by atoms with Crippen LogP contribution in [0.4, 0.5) is 17.1 Å². The quantitative estimate of drug-likeness (QED) is 0.231. The third-order valence-electron chi connectivity index (χ3n) is 3.77. The number of hydrogen-bond acceptors (Lipinski definition) is 8. The number of aromatic hydroxyl groups is 4. The summed E-state index contributed by atoms with van der Waals surface area (Å²) in [6, 6.07) is 13.5. The van der Waals surface area contributed by atoms with Crippen LogP contribution < -0.4 is 0 Å². The van der Waals surface area contributed by atoms with Gasteiger partial charge in [-0.3, -0.25) is 10.1 Å². The zero-order chi connectivity index (χ0) is 19.6. The highest BCUT2D eigenvalue weighted by Gasteiger charge is 2.21. The zero-order valence-corrected chi connectivity index (χ0v) is 13.6. The van der Waals surface area contributed by atoms with E-state index in [2.05, 4.69) is 10.2 Å². The topological polar surface area (TPSA) is 149 Å². The first-order valence-corrected chi connectivity index (χ1v) is 7.61. The van der Waals surface area contributed by atoms with E-state index in [1.807, 2.05) is 0 Å². The monoisotopic (exact) mass is 367 g/mol. The molecule has 0 amide bonds. The molecule has 3 aromatic rings. The fourth-order valence-electron chi connectivity index (χ4n) is 2.43. The van der Waals surface area contributed by atoms with Gasteiger partial charge in [0.2, 0.25) is 5.69 Å². The molecule has 3 rings (SSSR count). The molecule has 136 valence electrons. The van der Waals surface area contributed by atoms with Crippen LogP contribution in [0.15, 0.2) is 64.8 Å². The minimum Gasteiger partial charge on any atom is -0.504 e. The van der Waals surface area contributed by atoms with E-state index in [1.54, 1.807) is 30.3 Å². The van der Waals surface area contributed by atoms with Crippen molar-refractivity contribution < 1.29 is 25.3 Å². The maximum Gasteiger partial charge on any atom is 0.300 e. The van der Waals surface area contributed by atoms with Crippen molar-refractivity contribution in [1.82, 2.24) is 0 Å². The number of nitro benzene ring substituents is 1. The van der Waals surface area contributed by atoms with Crippen LogP contribution in [0.25, 0.3) is 11.1 Å². The van der Waals surface area contributed by atoms with Crippen LogP contribution in [-0.2, 0) is 0 Å². The van der Waals surface area contributed by atoms with Crippen LogP contribution in [0.1, 0.15) is 0 Å². The molecule has 0 fully saturated rings. The maximum atomic E-state index is 11.1. The van der Waals surface area contributed by atoms with Crippen LogP contribution in [0.3, 0.4) is 0 Å². The molecule has 0 aliphatic rings. The molecule has 0 unspecified atom stereocenters. The molecular weight excluding hydrogens is 354 g/mol. The van der Waals surface area contributed by atoms with Gasteiger partial charge in [-0.25, -0.2) is 0 Å². The predicted molar refractivity (Wildman–Crippen MR) is 95.8 cm³/mol. The van der Waals surface area contributed by atoms with Crippen molar-refractivity contribution in [2.24, 2.45) is 10.2 Å². The number of phenols is 4. The molecule has 0 saturated carbocycles. The van der Waals surface area contributed by atoms with E-state index in [4.69, 9.17) is 0 Å². The first kappa shape index (κ1) is 17.7. The molecule has 0 aliphatic carbocycles. The Morgan fingerprint density at radius 2 is 1.30 bits per heavy atom. The lowest BCUT2D eigenvalue weighted by atomic mass is 10.0. The van der Waals surface area contributed by atoms with Gasteiger partial charge in [-0.1, -0.05) is 30.3 Å². The number of azo groups is 1. The number of hydrogen-bond donors (Lipinski definition) is 4. The van der Waals surface area contributed by atoms with E-state index < -0.39 is 39.3 Å². The fraction of sp³-hybridized carbons (Fsp3) is 0. The van der Waals surface area contributed by atoms with Crippen molar-refractivity contribution in [1.29, 1.82) is 0 Å². The Hall–Kier alpha value is -4.14. The Balaban J connectivity index is 2.19. The summed E-state index contributed by atoms with van der Waals surface area (Å²) >= 11 is 0. The lowest BCUT2D eigenvalue weighted by Crippen LogP contribution is -1.88. The average Bonchev–Trinajstić information content (AvgIpc) is 2.66. The minimum absolute atomic E-state index is 0.154. The Bertz CT molecular complexity index is 1050. The molecule has 0 saturated heterocycles. The van der Waals surface area contributed by atoms with Gasteiger partial charge in [0.1, 0.15) is 5.69 Å². The number of nitro groups is 1. The van der Waals surface area contributed by atoms with E-state index in [1.165, 1.54) is 12.1 Å². The van der Waals surface area contributed by atoms with Crippen LogP contribution in [0, 0.1) is 10.1 Å². The van der Waals surface area contributed by atoms with Crippen molar-refractivity contribution in [3.05, 3.63) is 64.7 Å². The highest BCUT2D eigenvalue weighted by molar-refractivity contribution is 5.82. The van der Waals surface area contributed by atoms with Crippen molar-refractivity contribution >= 4 is 17.1 Å². The van der Waals surface area contributed by atoms with Gasteiger partial charge in [-0.2, -0.15) is 0 Å². The average molecular weight is 367 g/mol. The summed E-state index contributed by atoms with van der Waals surface area (Å²) in [5.41, 5.74) is -0.275. The van der Waals surface area contributed by atoms with Crippen LogP contribution in [0.5, 0.6) is 23.0 Å². The Morgan fingerprint density at radius 3 is 1.93 bits per heavy atom. The fourth-order valence-corrected chi connectivity index (χ4v) is 2.43. The van der Waals surface area contributed by atoms with E-state index in [9.17, 15) is 30.5 Å². The SMILES string of the molecule is O=[N+]([O-])c1ccc(O)c(O)c1N=Nc1c(-c2ccccc2)ccc(O)c1O. The third-order valence-corrected chi connectivity index (χ3v) is 3.77. The first-order valence-electron chi connectivity index (χ1n) is 7.61. The largest absolute Gasteiger partial charge is 0.504 e. The minimum atomic E-state index is -0.825. The normalized spacial score (nSPS) is 11.0. The second kappa shape index (κ2) is 7.00. The standard InChI is InChI=1S/C18H13N3O6/c22-13-8-6-11(10-4-2-1-3-5-10)15(17(13)24)19-20-16-12(21(26)27)7-9-14(23)18(16)25/h1-9,22-25H. The van der Waals surface area contributed by atoms with Gasteiger partial charge >= 0.3 is 5.69 Å².